The summed E-state index contributed by atoms with van der Waals surface area (Å²) in [6.45, 7) is 2.20. The summed E-state index contributed by atoms with van der Waals surface area (Å²) in [6, 6.07) is 10.8. The lowest BCUT2D eigenvalue weighted by Gasteiger charge is -2.27. The molecule has 0 bridgehead atoms. The summed E-state index contributed by atoms with van der Waals surface area (Å²) in [4.78, 5) is 31.4. The second kappa shape index (κ2) is 8.10. The van der Waals surface area contributed by atoms with Crippen LogP contribution in [0.1, 0.15) is 24.5 Å². The molecule has 26 heavy (non-hydrogen) atoms. The van der Waals surface area contributed by atoms with Crippen molar-refractivity contribution in [2.75, 3.05) is 11.9 Å². The topological polar surface area (TPSA) is 74.3 Å². The Morgan fingerprint density at radius 1 is 1.31 bits per heavy atom. The number of hydrogen-bond donors (Lipinski definition) is 2. The van der Waals surface area contributed by atoms with Gasteiger partial charge in [-0.05, 0) is 50.1 Å². The van der Waals surface area contributed by atoms with E-state index in [0.29, 0.717) is 13.0 Å². The lowest BCUT2D eigenvalue weighted by molar-refractivity contribution is -0.128. The molecule has 0 unspecified atom stereocenters. The Labute approximate surface area is 153 Å². The number of para-hydroxylation sites is 1. The fraction of sp³-hybridized carbons (Fsp3) is 0.350. The number of benzene rings is 1. The van der Waals surface area contributed by atoms with Crippen LogP contribution in [0, 0.1) is 0 Å². The minimum atomic E-state index is -0.539. The average molecular weight is 352 g/mol. The normalized spacial score (nSPS) is 18.0. The summed E-state index contributed by atoms with van der Waals surface area (Å²) >= 11 is 0. The molecule has 0 saturated heterocycles. The predicted molar refractivity (Wildman–Crippen MR) is 101 cm³/mol. The highest BCUT2D eigenvalue weighted by atomic mass is 16.2. The maximum Gasteiger partial charge on any atom is 0.249 e. The average Bonchev–Trinajstić information content (AvgIpc) is 2.80. The zero-order valence-corrected chi connectivity index (χ0v) is 15.1. The zero-order chi connectivity index (χ0) is 18.5. The van der Waals surface area contributed by atoms with Gasteiger partial charge in [0, 0.05) is 18.1 Å². The van der Waals surface area contributed by atoms with Gasteiger partial charge in [0.1, 0.15) is 6.04 Å². The Morgan fingerprint density at radius 3 is 2.85 bits per heavy atom. The van der Waals surface area contributed by atoms with Crippen molar-refractivity contribution in [3.05, 3.63) is 59.9 Å². The first-order valence-corrected chi connectivity index (χ1v) is 8.86. The number of hydrogen-bond acceptors (Lipinski definition) is 4. The number of aryl methyl sites for hydroxylation is 1. The summed E-state index contributed by atoms with van der Waals surface area (Å²) in [5, 5.41) is 5.81. The van der Waals surface area contributed by atoms with E-state index < -0.39 is 6.04 Å². The first-order chi connectivity index (χ1) is 12.6. The number of anilines is 1. The molecule has 2 N–H and O–H groups in total. The van der Waals surface area contributed by atoms with Gasteiger partial charge in [0.2, 0.25) is 11.8 Å². The molecule has 2 amide bonds. The van der Waals surface area contributed by atoms with E-state index in [1.165, 1.54) is 0 Å². The second-order valence-corrected chi connectivity index (χ2v) is 6.52. The van der Waals surface area contributed by atoms with Gasteiger partial charge in [-0.1, -0.05) is 24.3 Å². The van der Waals surface area contributed by atoms with Gasteiger partial charge >= 0.3 is 0 Å². The molecule has 0 spiro atoms. The minimum Gasteiger partial charge on any atom is -0.343 e. The first kappa shape index (κ1) is 18.1. The molecule has 2 aromatic rings. The van der Waals surface area contributed by atoms with Gasteiger partial charge in [0.05, 0.1) is 12.6 Å². The van der Waals surface area contributed by atoms with Gasteiger partial charge < -0.3 is 15.5 Å². The molecule has 1 aliphatic rings. The van der Waals surface area contributed by atoms with Crippen LogP contribution in [-0.4, -0.2) is 35.9 Å². The Kier molecular flexibility index (Phi) is 5.63. The standard InChI is InChI=1S/C20H24N4O2/c1-14(21-2)19(25)23-17-10-9-16-7-3-4-8-18(16)24(20(17)26)13-15-6-5-11-22-12-15/h3-8,11-12,14,17,21H,9-10,13H2,1-2H3,(H,23,25)/t14-,17-/m0/s1. The number of nitrogens with zero attached hydrogens (tertiary/aromatic N) is 2. The lowest BCUT2D eigenvalue weighted by atomic mass is 10.1. The molecule has 6 heteroatoms. The van der Waals surface area contributed by atoms with Crippen LogP contribution in [0.15, 0.2) is 48.8 Å². The van der Waals surface area contributed by atoms with Crippen LogP contribution >= 0.6 is 0 Å². The van der Waals surface area contributed by atoms with Crippen molar-refractivity contribution in [3.8, 4) is 0 Å². The maximum absolute atomic E-state index is 13.2. The van der Waals surface area contributed by atoms with E-state index >= 15 is 0 Å². The molecule has 0 aliphatic carbocycles. The number of carbonyl (C=O) groups excluding carboxylic acids is 2. The highest BCUT2D eigenvalue weighted by Gasteiger charge is 2.32. The Morgan fingerprint density at radius 2 is 2.12 bits per heavy atom. The van der Waals surface area contributed by atoms with Crippen molar-refractivity contribution >= 4 is 17.5 Å². The molecular weight excluding hydrogens is 328 g/mol. The third kappa shape index (κ3) is 3.91. The van der Waals surface area contributed by atoms with E-state index in [9.17, 15) is 9.59 Å². The van der Waals surface area contributed by atoms with Gasteiger partial charge in [-0.15, -0.1) is 0 Å². The summed E-state index contributed by atoms with van der Waals surface area (Å²) in [6.07, 6.45) is 4.80. The van der Waals surface area contributed by atoms with Crippen molar-refractivity contribution < 1.29 is 9.59 Å². The molecule has 1 aromatic carbocycles. The second-order valence-electron chi connectivity index (χ2n) is 6.52. The van der Waals surface area contributed by atoms with Gasteiger partial charge in [0.15, 0.2) is 0 Å². The zero-order valence-electron chi connectivity index (χ0n) is 15.1. The van der Waals surface area contributed by atoms with Crippen LogP contribution in [0.3, 0.4) is 0 Å². The number of rotatable bonds is 5. The number of amides is 2. The molecule has 2 heterocycles. The summed E-state index contributed by atoms with van der Waals surface area (Å²) in [5.41, 5.74) is 2.97. The third-order valence-corrected chi connectivity index (χ3v) is 4.76. The minimum absolute atomic E-state index is 0.0875. The van der Waals surface area contributed by atoms with Gasteiger partial charge in [-0.2, -0.15) is 0 Å². The number of pyridine rings is 1. The molecule has 1 aromatic heterocycles. The van der Waals surface area contributed by atoms with Crippen molar-refractivity contribution in [1.29, 1.82) is 0 Å². The Bertz CT molecular complexity index is 778. The highest BCUT2D eigenvalue weighted by Crippen LogP contribution is 2.28. The third-order valence-electron chi connectivity index (χ3n) is 4.76. The summed E-state index contributed by atoms with van der Waals surface area (Å²) in [7, 11) is 1.73. The van der Waals surface area contributed by atoms with Gasteiger partial charge in [0.25, 0.3) is 0 Å². The first-order valence-electron chi connectivity index (χ1n) is 8.86. The van der Waals surface area contributed by atoms with Crippen molar-refractivity contribution in [2.24, 2.45) is 0 Å². The monoisotopic (exact) mass is 352 g/mol. The quantitative estimate of drug-likeness (QED) is 0.858. The lowest BCUT2D eigenvalue weighted by Crippen LogP contribution is -2.52. The van der Waals surface area contributed by atoms with E-state index in [0.717, 1.165) is 23.2 Å². The van der Waals surface area contributed by atoms with Crippen molar-refractivity contribution in [3.63, 3.8) is 0 Å². The molecule has 0 radical (unpaired) electrons. The van der Waals surface area contributed by atoms with Crippen LogP contribution in [0.4, 0.5) is 5.69 Å². The van der Waals surface area contributed by atoms with E-state index in [-0.39, 0.29) is 17.9 Å². The van der Waals surface area contributed by atoms with Crippen LogP contribution in [0.5, 0.6) is 0 Å². The smallest absolute Gasteiger partial charge is 0.249 e. The number of carbonyl (C=O) groups is 2. The summed E-state index contributed by atoms with van der Waals surface area (Å²) in [5.74, 6) is -0.256. The molecule has 2 atom stereocenters. The van der Waals surface area contributed by atoms with Crippen molar-refractivity contribution in [2.45, 2.75) is 38.4 Å². The SMILES string of the molecule is CN[C@@H](C)C(=O)N[C@H]1CCc2ccccc2N(Cc2cccnc2)C1=O. The summed E-state index contributed by atoms with van der Waals surface area (Å²) < 4.78 is 0. The fourth-order valence-corrected chi connectivity index (χ4v) is 3.11. The van der Waals surface area contributed by atoms with Gasteiger partial charge in [-0.3, -0.25) is 14.6 Å². The van der Waals surface area contributed by atoms with Crippen LogP contribution in [0.2, 0.25) is 0 Å². The molecule has 0 saturated carbocycles. The molecule has 136 valence electrons. The van der Waals surface area contributed by atoms with E-state index in [2.05, 4.69) is 15.6 Å². The molecule has 1 aliphatic heterocycles. The molecular formula is C20H24N4O2. The van der Waals surface area contributed by atoms with E-state index in [1.54, 1.807) is 31.3 Å². The van der Waals surface area contributed by atoms with Crippen LogP contribution in [-0.2, 0) is 22.6 Å². The number of fused-ring (bicyclic) bond motifs is 1. The fourth-order valence-electron chi connectivity index (χ4n) is 3.11. The predicted octanol–water partition coefficient (Wildman–Crippen LogP) is 1.65. The number of likely N-dealkylation sites (N-methyl/N-ethyl adjacent to an activating group) is 1. The highest BCUT2D eigenvalue weighted by molar-refractivity contribution is 6.00. The molecule has 0 fully saturated rings. The van der Waals surface area contributed by atoms with Crippen LogP contribution in [0.25, 0.3) is 0 Å². The Hall–Kier alpha value is -2.73. The Balaban J connectivity index is 1.89. The van der Waals surface area contributed by atoms with Crippen molar-refractivity contribution in [1.82, 2.24) is 15.6 Å². The van der Waals surface area contributed by atoms with E-state index in [4.69, 9.17) is 0 Å². The number of aromatic nitrogens is 1. The van der Waals surface area contributed by atoms with Gasteiger partial charge in [-0.25, -0.2) is 0 Å². The number of nitrogens with one attached hydrogen (secondary N) is 2. The van der Waals surface area contributed by atoms with Crippen LogP contribution < -0.4 is 15.5 Å². The van der Waals surface area contributed by atoms with E-state index in [1.807, 2.05) is 36.4 Å². The molecule has 6 nitrogen and oxygen atoms in total. The molecule has 3 rings (SSSR count). The maximum atomic E-state index is 13.2. The largest absolute Gasteiger partial charge is 0.343 e.